The summed E-state index contributed by atoms with van der Waals surface area (Å²) in [6.45, 7) is 3.83. The van der Waals surface area contributed by atoms with Gasteiger partial charge in [-0.3, -0.25) is 0 Å². The number of aromatic nitrogens is 3. The highest BCUT2D eigenvalue weighted by Gasteiger charge is 2.35. The van der Waals surface area contributed by atoms with Crippen LogP contribution in [0.5, 0.6) is 0 Å². The maximum Gasteiger partial charge on any atom is 0.243 e. The zero-order valence-electron chi connectivity index (χ0n) is 16.4. The van der Waals surface area contributed by atoms with Gasteiger partial charge in [0.15, 0.2) is 5.65 Å². The Morgan fingerprint density at radius 1 is 1.31 bits per heavy atom. The molecule has 4 rings (SSSR count). The summed E-state index contributed by atoms with van der Waals surface area (Å²) in [5.74, 6) is 0.854. The molecule has 7 nitrogen and oxygen atoms in total. The van der Waals surface area contributed by atoms with Crippen molar-refractivity contribution >= 4 is 32.8 Å². The van der Waals surface area contributed by atoms with Gasteiger partial charge in [0.1, 0.15) is 11.3 Å². The Bertz CT molecular complexity index is 1150. The first-order valence-corrected chi connectivity index (χ1v) is 11.3. The summed E-state index contributed by atoms with van der Waals surface area (Å²) in [5.41, 5.74) is 2.46. The minimum atomic E-state index is -3.61. The van der Waals surface area contributed by atoms with Gasteiger partial charge in [-0.2, -0.15) is 4.31 Å². The van der Waals surface area contributed by atoms with Crippen molar-refractivity contribution in [2.75, 3.05) is 26.8 Å². The van der Waals surface area contributed by atoms with Crippen LogP contribution in [-0.2, 0) is 21.3 Å². The number of benzene rings is 1. The number of sulfonamides is 1. The first kappa shape index (κ1) is 20.3. The molecule has 0 saturated carbocycles. The van der Waals surface area contributed by atoms with Crippen LogP contribution >= 0.6 is 11.6 Å². The van der Waals surface area contributed by atoms with Gasteiger partial charge in [0.2, 0.25) is 10.0 Å². The lowest BCUT2D eigenvalue weighted by atomic mass is 10.1. The van der Waals surface area contributed by atoms with E-state index in [0.717, 1.165) is 22.6 Å². The van der Waals surface area contributed by atoms with Crippen LogP contribution in [0.1, 0.15) is 23.7 Å². The third kappa shape index (κ3) is 3.77. The SMILES string of the molecule is COCCn1c([C@H]2CCN(S(=O)(=O)c3ccc(C)c(Cl)c3)C2)nc2cccnc21. The Morgan fingerprint density at radius 3 is 2.90 bits per heavy atom. The van der Waals surface area contributed by atoms with E-state index in [4.69, 9.17) is 21.3 Å². The summed E-state index contributed by atoms with van der Waals surface area (Å²) in [5, 5.41) is 0.453. The van der Waals surface area contributed by atoms with E-state index in [1.54, 1.807) is 25.4 Å². The molecule has 1 aliphatic heterocycles. The second kappa shape index (κ2) is 8.02. The molecular formula is C20H23ClN4O3S. The lowest BCUT2D eigenvalue weighted by molar-refractivity contribution is 0.187. The van der Waals surface area contributed by atoms with Crippen LogP contribution in [0.4, 0.5) is 0 Å². The number of nitrogens with zero attached hydrogens (tertiary/aromatic N) is 4. The average Bonchev–Trinajstić information content (AvgIpc) is 3.33. The van der Waals surface area contributed by atoms with E-state index in [9.17, 15) is 8.42 Å². The van der Waals surface area contributed by atoms with Crippen LogP contribution in [0.2, 0.25) is 5.02 Å². The van der Waals surface area contributed by atoms with Crippen molar-refractivity contribution in [1.29, 1.82) is 0 Å². The van der Waals surface area contributed by atoms with Gasteiger partial charge in [-0.25, -0.2) is 18.4 Å². The number of hydrogen-bond donors (Lipinski definition) is 0. The minimum Gasteiger partial charge on any atom is -0.383 e. The largest absolute Gasteiger partial charge is 0.383 e. The molecule has 0 unspecified atom stereocenters. The van der Waals surface area contributed by atoms with Gasteiger partial charge >= 0.3 is 0 Å². The molecule has 0 bridgehead atoms. The summed E-state index contributed by atoms with van der Waals surface area (Å²) < 4.78 is 35.0. The molecule has 1 aromatic carbocycles. The third-order valence-electron chi connectivity index (χ3n) is 5.35. The summed E-state index contributed by atoms with van der Waals surface area (Å²) >= 11 is 6.15. The number of fused-ring (bicyclic) bond motifs is 1. The van der Waals surface area contributed by atoms with E-state index in [-0.39, 0.29) is 10.8 Å². The number of rotatable bonds is 6. The van der Waals surface area contributed by atoms with Crippen LogP contribution in [-0.4, -0.2) is 54.1 Å². The highest BCUT2D eigenvalue weighted by Crippen LogP contribution is 2.33. The Balaban J connectivity index is 1.63. The molecule has 9 heteroatoms. The quantitative estimate of drug-likeness (QED) is 0.595. The molecule has 3 heterocycles. The molecule has 0 amide bonds. The molecule has 0 spiro atoms. The van der Waals surface area contributed by atoms with E-state index in [2.05, 4.69) is 4.98 Å². The van der Waals surface area contributed by atoms with Gasteiger partial charge in [-0.05, 0) is 43.2 Å². The van der Waals surface area contributed by atoms with E-state index < -0.39 is 10.0 Å². The van der Waals surface area contributed by atoms with Gasteiger partial charge in [-0.1, -0.05) is 17.7 Å². The zero-order valence-corrected chi connectivity index (χ0v) is 17.9. The van der Waals surface area contributed by atoms with E-state index in [0.29, 0.717) is 37.7 Å². The second-order valence-electron chi connectivity index (χ2n) is 7.22. The topological polar surface area (TPSA) is 77.3 Å². The fourth-order valence-corrected chi connectivity index (χ4v) is 5.50. The highest BCUT2D eigenvalue weighted by molar-refractivity contribution is 7.89. The number of ether oxygens (including phenoxy) is 1. The molecule has 1 saturated heterocycles. The highest BCUT2D eigenvalue weighted by atomic mass is 35.5. The maximum absolute atomic E-state index is 13.1. The molecule has 29 heavy (non-hydrogen) atoms. The second-order valence-corrected chi connectivity index (χ2v) is 9.57. The zero-order chi connectivity index (χ0) is 20.6. The van der Waals surface area contributed by atoms with Gasteiger partial charge in [-0.15, -0.1) is 0 Å². The Labute approximate surface area is 175 Å². The monoisotopic (exact) mass is 434 g/mol. The predicted molar refractivity (Wildman–Crippen MR) is 112 cm³/mol. The number of pyridine rings is 1. The third-order valence-corrected chi connectivity index (χ3v) is 7.62. The van der Waals surface area contributed by atoms with Crippen molar-refractivity contribution in [3.8, 4) is 0 Å². The van der Waals surface area contributed by atoms with Crippen LogP contribution < -0.4 is 0 Å². The molecule has 1 atom stereocenters. The van der Waals surface area contributed by atoms with Crippen molar-refractivity contribution in [3.05, 3.63) is 52.9 Å². The molecule has 1 fully saturated rings. The summed E-state index contributed by atoms with van der Waals surface area (Å²) in [6.07, 6.45) is 2.44. The first-order chi connectivity index (χ1) is 13.9. The molecular weight excluding hydrogens is 412 g/mol. The summed E-state index contributed by atoms with van der Waals surface area (Å²) in [6, 6.07) is 8.65. The molecule has 0 N–H and O–H groups in total. The van der Waals surface area contributed by atoms with Crippen molar-refractivity contribution < 1.29 is 13.2 Å². The van der Waals surface area contributed by atoms with Gasteiger partial charge < -0.3 is 9.30 Å². The van der Waals surface area contributed by atoms with Crippen molar-refractivity contribution in [3.63, 3.8) is 0 Å². The standard InChI is InChI=1S/C20H23ClN4O3S/c1-14-5-6-16(12-17(14)21)29(26,27)24-9-7-15(13-24)19-23-18-4-3-8-22-20(18)25(19)10-11-28-2/h3-6,8,12,15H,7,9-11,13H2,1-2H3/t15-/m0/s1. The molecule has 0 aliphatic carbocycles. The summed E-state index contributed by atoms with van der Waals surface area (Å²) in [4.78, 5) is 9.45. The van der Waals surface area contributed by atoms with Crippen molar-refractivity contribution in [2.45, 2.75) is 30.7 Å². The van der Waals surface area contributed by atoms with Crippen molar-refractivity contribution in [1.82, 2.24) is 18.8 Å². The smallest absolute Gasteiger partial charge is 0.243 e. The number of methoxy groups -OCH3 is 1. The fraction of sp³-hybridized carbons (Fsp3) is 0.400. The van der Waals surface area contributed by atoms with Gasteiger partial charge in [0.25, 0.3) is 0 Å². The lowest BCUT2D eigenvalue weighted by Crippen LogP contribution is -2.29. The number of imidazole rings is 1. The summed E-state index contributed by atoms with van der Waals surface area (Å²) in [7, 11) is -1.95. The minimum absolute atomic E-state index is 0.00301. The number of aryl methyl sites for hydroxylation is 1. The van der Waals surface area contributed by atoms with E-state index in [1.807, 2.05) is 23.6 Å². The average molecular weight is 435 g/mol. The van der Waals surface area contributed by atoms with Crippen molar-refractivity contribution in [2.24, 2.45) is 0 Å². The van der Waals surface area contributed by atoms with Crippen LogP contribution in [0.3, 0.4) is 0 Å². The Hall–Kier alpha value is -2.00. The van der Waals surface area contributed by atoms with Gasteiger partial charge in [0.05, 0.1) is 11.5 Å². The van der Waals surface area contributed by atoms with Crippen LogP contribution in [0.15, 0.2) is 41.4 Å². The van der Waals surface area contributed by atoms with E-state index in [1.165, 1.54) is 10.4 Å². The fourth-order valence-electron chi connectivity index (χ4n) is 3.73. The van der Waals surface area contributed by atoms with Gasteiger partial charge in [0, 0.05) is 43.9 Å². The number of halogens is 1. The molecule has 1 aliphatic rings. The predicted octanol–water partition coefficient (Wildman–Crippen LogP) is 3.22. The molecule has 3 aromatic rings. The Kier molecular flexibility index (Phi) is 5.61. The normalized spacial score (nSPS) is 18.0. The number of hydrogen-bond acceptors (Lipinski definition) is 5. The maximum atomic E-state index is 13.1. The lowest BCUT2D eigenvalue weighted by Gasteiger charge is -2.17. The van der Waals surface area contributed by atoms with Crippen LogP contribution in [0.25, 0.3) is 11.2 Å². The Morgan fingerprint density at radius 2 is 2.14 bits per heavy atom. The molecule has 154 valence electrons. The van der Waals surface area contributed by atoms with Crippen LogP contribution in [0, 0.1) is 6.92 Å². The molecule has 0 radical (unpaired) electrons. The van der Waals surface area contributed by atoms with E-state index >= 15 is 0 Å². The molecule has 2 aromatic heterocycles. The first-order valence-electron chi connectivity index (χ1n) is 9.48.